The third kappa shape index (κ3) is 11.6. The highest BCUT2D eigenvalue weighted by Gasteiger charge is 2.43. The van der Waals surface area contributed by atoms with Crippen molar-refractivity contribution in [2.24, 2.45) is 11.1 Å². The summed E-state index contributed by atoms with van der Waals surface area (Å²) in [6.45, 7) is 5.46. The molecule has 2 aliphatic rings. The summed E-state index contributed by atoms with van der Waals surface area (Å²) in [4.78, 5) is 81.7. The van der Waals surface area contributed by atoms with Gasteiger partial charge < -0.3 is 46.4 Å². The fourth-order valence-electron chi connectivity index (χ4n) is 6.29. The van der Waals surface area contributed by atoms with Gasteiger partial charge in [-0.2, -0.15) is 0 Å². The van der Waals surface area contributed by atoms with Crippen molar-refractivity contribution < 1.29 is 37.9 Å². The highest BCUT2D eigenvalue weighted by molar-refractivity contribution is 5.97. The Morgan fingerprint density at radius 2 is 1.87 bits per heavy atom. The molecule has 3 heterocycles. The molecule has 0 saturated carbocycles. The SMILES string of the molecule is C=CC[C@@]12CCCN(C1)C(=O)/C=C/C(=O)NCC[C@@H](C(=O)NCCOCCN)NC(=O)Cc1ccccc1CNC(=O)[C@H](Cc1ccco1)NC2=O. The summed E-state index contributed by atoms with van der Waals surface area (Å²) in [5, 5.41) is 14.0. The highest BCUT2D eigenvalue weighted by atomic mass is 16.5. The molecule has 1 fully saturated rings. The van der Waals surface area contributed by atoms with Crippen LogP contribution < -0.4 is 32.3 Å². The number of amides is 6. The van der Waals surface area contributed by atoms with E-state index in [-0.39, 0.29) is 58.5 Å². The maximum Gasteiger partial charge on any atom is 0.246 e. The van der Waals surface area contributed by atoms with Gasteiger partial charge in [0.05, 0.1) is 31.3 Å². The number of carbonyl (C=O) groups excluding carboxylic acids is 6. The lowest BCUT2D eigenvalue weighted by Gasteiger charge is -2.41. The van der Waals surface area contributed by atoms with Crippen molar-refractivity contribution in [1.29, 1.82) is 0 Å². The maximum absolute atomic E-state index is 14.1. The number of piperidine rings is 1. The minimum absolute atomic E-state index is 0.0214. The molecule has 52 heavy (non-hydrogen) atoms. The molecule has 1 aromatic carbocycles. The van der Waals surface area contributed by atoms with Crippen molar-refractivity contribution in [2.45, 2.75) is 57.2 Å². The van der Waals surface area contributed by atoms with Gasteiger partial charge in [0.2, 0.25) is 35.4 Å². The number of nitrogens with one attached hydrogen (secondary N) is 5. The Kier molecular flexibility index (Phi) is 15.1. The Balaban J connectivity index is 1.61. The number of nitrogens with zero attached hydrogens (tertiary/aromatic N) is 1. The molecule has 0 aliphatic carbocycles. The van der Waals surface area contributed by atoms with Crippen LogP contribution in [0.3, 0.4) is 0 Å². The smallest absolute Gasteiger partial charge is 0.246 e. The van der Waals surface area contributed by atoms with E-state index < -0.39 is 52.9 Å². The Hall–Kier alpha value is -5.28. The van der Waals surface area contributed by atoms with Crippen LogP contribution in [0.2, 0.25) is 0 Å². The van der Waals surface area contributed by atoms with Gasteiger partial charge in [-0.05, 0) is 48.9 Å². The molecule has 280 valence electrons. The fraction of sp³-hybridized carbons (Fsp3) is 0.459. The molecule has 7 N–H and O–H groups in total. The Morgan fingerprint density at radius 1 is 1.06 bits per heavy atom. The van der Waals surface area contributed by atoms with E-state index in [0.29, 0.717) is 49.4 Å². The molecule has 0 radical (unpaired) electrons. The molecule has 2 aromatic rings. The maximum atomic E-state index is 14.1. The van der Waals surface area contributed by atoms with Gasteiger partial charge in [-0.15, -0.1) is 6.58 Å². The average Bonchev–Trinajstić information content (AvgIpc) is 3.65. The molecule has 2 bridgehead atoms. The fourth-order valence-corrected chi connectivity index (χ4v) is 6.29. The van der Waals surface area contributed by atoms with E-state index in [1.54, 1.807) is 42.5 Å². The Labute approximate surface area is 303 Å². The third-order valence-electron chi connectivity index (χ3n) is 9.00. The number of hydrogen-bond acceptors (Lipinski definition) is 9. The number of furan rings is 1. The lowest BCUT2D eigenvalue weighted by atomic mass is 9.75. The lowest BCUT2D eigenvalue weighted by Crippen LogP contribution is -2.57. The van der Waals surface area contributed by atoms with Gasteiger partial charge in [0.1, 0.15) is 17.8 Å². The largest absolute Gasteiger partial charge is 0.469 e. The molecule has 3 atom stereocenters. The summed E-state index contributed by atoms with van der Waals surface area (Å²) < 4.78 is 10.8. The Morgan fingerprint density at radius 3 is 2.62 bits per heavy atom. The summed E-state index contributed by atoms with van der Waals surface area (Å²) >= 11 is 0. The second kappa shape index (κ2) is 19.9. The molecular formula is C37H49N7O8. The second-order valence-electron chi connectivity index (χ2n) is 12.8. The molecule has 15 nitrogen and oxygen atoms in total. The third-order valence-corrected chi connectivity index (χ3v) is 9.00. The molecule has 1 aromatic heterocycles. The van der Waals surface area contributed by atoms with Gasteiger partial charge in [0, 0.05) is 57.8 Å². The average molecular weight is 720 g/mol. The minimum atomic E-state index is -1.06. The van der Waals surface area contributed by atoms with Crippen LogP contribution in [0.15, 0.2) is 71.9 Å². The molecule has 0 spiro atoms. The van der Waals surface area contributed by atoms with Crippen molar-refractivity contribution in [2.75, 3.05) is 45.9 Å². The first-order valence-electron chi connectivity index (χ1n) is 17.5. The van der Waals surface area contributed by atoms with Crippen LogP contribution in [-0.4, -0.2) is 98.4 Å². The minimum Gasteiger partial charge on any atom is -0.469 e. The van der Waals surface area contributed by atoms with Gasteiger partial charge in [-0.1, -0.05) is 30.3 Å². The number of benzene rings is 1. The number of hydrogen-bond donors (Lipinski definition) is 6. The highest BCUT2D eigenvalue weighted by Crippen LogP contribution is 2.35. The summed E-state index contributed by atoms with van der Waals surface area (Å²) in [7, 11) is 0. The van der Waals surface area contributed by atoms with Crippen molar-refractivity contribution >= 4 is 35.4 Å². The van der Waals surface area contributed by atoms with Gasteiger partial charge >= 0.3 is 0 Å². The van der Waals surface area contributed by atoms with Gasteiger partial charge in [0.15, 0.2) is 0 Å². The van der Waals surface area contributed by atoms with Crippen molar-refractivity contribution in [3.8, 4) is 0 Å². The van der Waals surface area contributed by atoms with E-state index in [0.717, 1.165) is 12.2 Å². The molecule has 15 heteroatoms. The number of allylic oxidation sites excluding steroid dienone is 1. The van der Waals surface area contributed by atoms with Gasteiger partial charge in [-0.3, -0.25) is 28.8 Å². The van der Waals surface area contributed by atoms with E-state index in [9.17, 15) is 28.8 Å². The van der Waals surface area contributed by atoms with Crippen molar-refractivity contribution in [1.82, 2.24) is 31.5 Å². The molecule has 1 saturated heterocycles. The molecule has 0 unspecified atom stereocenters. The second-order valence-corrected chi connectivity index (χ2v) is 12.8. The van der Waals surface area contributed by atoms with E-state index >= 15 is 0 Å². The predicted octanol–water partition coefficient (Wildman–Crippen LogP) is 0.00310. The van der Waals surface area contributed by atoms with Crippen LogP contribution in [0, 0.1) is 5.41 Å². The van der Waals surface area contributed by atoms with Gasteiger partial charge in [-0.25, -0.2) is 0 Å². The molecular weight excluding hydrogens is 670 g/mol. The molecule has 4 rings (SSSR count). The monoisotopic (exact) mass is 719 g/mol. The summed E-state index contributed by atoms with van der Waals surface area (Å²) in [6, 6.07) is 8.47. The Bertz CT molecular complexity index is 1590. The van der Waals surface area contributed by atoms with E-state index in [2.05, 4.69) is 33.2 Å². The van der Waals surface area contributed by atoms with Crippen LogP contribution >= 0.6 is 0 Å². The van der Waals surface area contributed by atoms with E-state index in [1.807, 2.05) is 0 Å². The zero-order chi connectivity index (χ0) is 37.3. The number of ether oxygens (including phenoxy) is 1. The number of rotatable bonds is 10. The van der Waals surface area contributed by atoms with Crippen LogP contribution in [-0.2, 0) is 52.9 Å². The lowest BCUT2D eigenvalue weighted by molar-refractivity contribution is -0.141. The number of fused-ring (bicyclic) bond motifs is 3. The summed E-state index contributed by atoms with van der Waals surface area (Å²) in [5.74, 6) is -2.32. The summed E-state index contributed by atoms with van der Waals surface area (Å²) in [6.07, 6.45) is 6.62. The number of nitrogens with two attached hydrogens (primary N) is 1. The first-order chi connectivity index (χ1) is 25.1. The van der Waals surface area contributed by atoms with Crippen LogP contribution in [0.4, 0.5) is 0 Å². The standard InChI is InChI=1S/C37H49N7O8/c1-2-13-37-14-6-18-44(25-37)33(47)11-10-31(45)39-16-12-29(34(48)40-17-21-51-20-15-38)42-32(46)22-26-7-3-4-8-27(26)24-41-35(49)30(43-36(37)50)23-28-9-5-19-52-28/h2-5,7-11,19,29-30H,1,6,12-18,20-25,38H2,(H,39,45)(H,40,48)(H,41,49)(H,42,46)(H,43,50)/b11-10+/t29-,30-,37+/m0/s1. The molecule has 6 amide bonds. The zero-order valence-corrected chi connectivity index (χ0v) is 29.3. The van der Waals surface area contributed by atoms with Crippen LogP contribution in [0.5, 0.6) is 0 Å². The normalized spacial score (nSPS) is 23.0. The first-order valence-corrected chi connectivity index (χ1v) is 17.5. The summed E-state index contributed by atoms with van der Waals surface area (Å²) in [5.41, 5.74) is 5.67. The van der Waals surface area contributed by atoms with Crippen molar-refractivity contribution in [3.63, 3.8) is 0 Å². The van der Waals surface area contributed by atoms with Crippen LogP contribution in [0.25, 0.3) is 0 Å². The van der Waals surface area contributed by atoms with E-state index in [4.69, 9.17) is 14.9 Å². The van der Waals surface area contributed by atoms with Crippen molar-refractivity contribution in [3.05, 3.63) is 84.4 Å². The quantitative estimate of drug-likeness (QED) is 0.144. The van der Waals surface area contributed by atoms with E-state index in [1.165, 1.54) is 11.2 Å². The zero-order valence-electron chi connectivity index (χ0n) is 29.3. The van der Waals surface area contributed by atoms with Gasteiger partial charge in [0.25, 0.3) is 0 Å². The van der Waals surface area contributed by atoms with Crippen LogP contribution in [0.1, 0.15) is 42.6 Å². The number of carbonyl (C=O) groups is 6. The molecule has 2 aliphatic heterocycles. The first kappa shape index (κ1) is 39.5. The topological polar surface area (TPSA) is 214 Å². The predicted molar refractivity (Wildman–Crippen MR) is 191 cm³/mol.